The molecule has 20 heavy (non-hydrogen) atoms. The molecule has 116 valence electrons. The molecule has 1 heterocycles. The van der Waals surface area contributed by atoms with E-state index in [1.165, 1.54) is 38.8 Å². The summed E-state index contributed by atoms with van der Waals surface area (Å²) in [4.78, 5) is 2.73. The molecule has 3 aliphatic rings. The molecular formula is C17H32N2O. The predicted molar refractivity (Wildman–Crippen MR) is 82.9 cm³/mol. The van der Waals surface area contributed by atoms with Crippen molar-refractivity contribution in [1.29, 1.82) is 0 Å². The van der Waals surface area contributed by atoms with Gasteiger partial charge in [0.25, 0.3) is 0 Å². The second-order valence-corrected chi connectivity index (χ2v) is 8.41. The van der Waals surface area contributed by atoms with E-state index in [9.17, 15) is 0 Å². The van der Waals surface area contributed by atoms with Gasteiger partial charge in [0.15, 0.2) is 0 Å². The Labute approximate surface area is 124 Å². The van der Waals surface area contributed by atoms with Crippen LogP contribution in [0.5, 0.6) is 0 Å². The summed E-state index contributed by atoms with van der Waals surface area (Å²) >= 11 is 0. The van der Waals surface area contributed by atoms with Crippen LogP contribution in [0.15, 0.2) is 0 Å². The third-order valence-corrected chi connectivity index (χ3v) is 5.27. The zero-order valence-corrected chi connectivity index (χ0v) is 13.7. The van der Waals surface area contributed by atoms with E-state index >= 15 is 0 Å². The van der Waals surface area contributed by atoms with Gasteiger partial charge in [-0.05, 0) is 65.2 Å². The zero-order valence-electron chi connectivity index (χ0n) is 13.7. The number of piperazine rings is 1. The first kappa shape index (κ1) is 14.8. The normalized spacial score (nSPS) is 36.3. The van der Waals surface area contributed by atoms with Gasteiger partial charge in [0.1, 0.15) is 0 Å². The molecule has 1 N–H and O–H groups in total. The highest BCUT2D eigenvalue weighted by atomic mass is 16.5. The summed E-state index contributed by atoms with van der Waals surface area (Å²) in [6.07, 6.45) is 5.71. The van der Waals surface area contributed by atoms with Crippen molar-refractivity contribution in [2.45, 2.75) is 70.6 Å². The van der Waals surface area contributed by atoms with Crippen molar-refractivity contribution in [3.8, 4) is 0 Å². The Morgan fingerprint density at radius 2 is 1.90 bits per heavy atom. The molecule has 3 rings (SSSR count). The van der Waals surface area contributed by atoms with Crippen molar-refractivity contribution in [3.63, 3.8) is 0 Å². The topological polar surface area (TPSA) is 24.5 Å². The van der Waals surface area contributed by atoms with Crippen LogP contribution in [0.25, 0.3) is 0 Å². The van der Waals surface area contributed by atoms with Crippen molar-refractivity contribution in [3.05, 3.63) is 0 Å². The van der Waals surface area contributed by atoms with Crippen molar-refractivity contribution in [2.75, 3.05) is 26.2 Å². The van der Waals surface area contributed by atoms with Crippen LogP contribution in [0.1, 0.15) is 53.4 Å². The summed E-state index contributed by atoms with van der Waals surface area (Å²) < 4.78 is 5.96. The number of ether oxygens (including phenoxy) is 1. The van der Waals surface area contributed by atoms with E-state index in [0.717, 1.165) is 31.0 Å². The SMILES string of the molecule is CC(C)(C)OCCN1CC(C)(C2CC2)NCC1C1CC1. The maximum absolute atomic E-state index is 5.96. The summed E-state index contributed by atoms with van der Waals surface area (Å²) in [5, 5.41) is 3.88. The monoisotopic (exact) mass is 280 g/mol. The first-order valence-electron chi connectivity index (χ1n) is 8.50. The van der Waals surface area contributed by atoms with Crippen LogP contribution in [0, 0.1) is 11.8 Å². The molecule has 2 aliphatic carbocycles. The summed E-state index contributed by atoms with van der Waals surface area (Å²) in [7, 11) is 0. The molecule has 3 fully saturated rings. The zero-order chi connectivity index (χ0) is 14.4. The van der Waals surface area contributed by atoms with Gasteiger partial charge in [-0.15, -0.1) is 0 Å². The average Bonchev–Trinajstić information content (AvgIpc) is 3.20. The van der Waals surface area contributed by atoms with Crippen LogP contribution < -0.4 is 5.32 Å². The third-order valence-electron chi connectivity index (χ3n) is 5.27. The van der Waals surface area contributed by atoms with Crippen molar-refractivity contribution < 1.29 is 4.74 Å². The van der Waals surface area contributed by atoms with Gasteiger partial charge < -0.3 is 10.1 Å². The maximum atomic E-state index is 5.96. The van der Waals surface area contributed by atoms with Crippen LogP contribution in [0.3, 0.4) is 0 Å². The Morgan fingerprint density at radius 3 is 2.45 bits per heavy atom. The van der Waals surface area contributed by atoms with Gasteiger partial charge in [-0.1, -0.05) is 0 Å². The summed E-state index contributed by atoms with van der Waals surface area (Å²) in [5.74, 6) is 1.86. The number of hydrogen-bond donors (Lipinski definition) is 1. The maximum Gasteiger partial charge on any atom is 0.0600 e. The number of hydrogen-bond acceptors (Lipinski definition) is 3. The van der Waals surface area contributed by atoms with Crippen LogP contribution in [-0.2, 0) is 4.74 Å². The first-order valence-corrected chi connectivity index (χ1v) is 8.50. The number of nitrogens with one attached hydrogen (secondary N) is 1. The van der Waals surface area contributed by atoms with E-state index in [0.29, 0.717) is 5.54 Å². The van der Waals surface area contributed by atoms with Crippen LogP contribution in [0.4, 0.5) is 0 Å². The van der Waals surface area contributed by atoms with Crippen LogP contribution in [-0.4, -0.2) is 48.3 Å². The van der Waals surface area contributed by atoms with Crippen LogP contribution in [0.2, 0.25) is 0 Å². The predicted octanol–water partition coefficient (Wildman–Crippen LogP) is 2.65. The van der Waals surface area contributed by atoms with Crippen LogP contribution >= 0.6 is 0 Å². The molecule has 0 amide bonds. The molecule has 0 aromatic carbocycles. The molecule has 2 unspecified atom stereocenters. The standard InChI is InChI=1S/C17H32N2O/c1-16(2,3)20-10-9-19-12-17(4,14-7-8-14)18-11-15(19)13-5-6-13/h13-15,18H,5-12H2,1-4H3. The Morgan fingerprint density at radius 1 is 1.20 bits per heavy atom. The molecule has 0 bridgehead atoms. The summed E-state index contributed by atoms with van der Waals surface area (Å²) in [6.45, 7) is 13.3. The van der Waals surface area contributed by atoms with Gasteiger partial charge >= 0.3 is 0 Å². The lowest BCUT2D eigenvalue weighted by Crippen LogP contribution is -2.65. The molecule has 3 nitrogen and oxygen atoms in total. The van der Waals surface area contributed by atoms with Gasteiger partial charge in [0.2, 0.25) is 0 Å². The lowest BCUT2D eigenvalue weighted by Gasteiger charge is -2.47. The minimum absolute atomic E-state index is 0.0110. The Balaban J connectivity index is 1.57. The molecule has 3 heteroatoms. The highest BCUT2D eigenvalue weighted by molar-refractivity contribution is 5.06. The fourth-order valence-corrected chi connectivity index (χ4v) is 3.72. The second-order valence-electron chi connectivity index (χ2n) is 8.41. The van der Waals surface area contributed by atoms with E-state index in [1.807, 2.05) is 0 Å². The molecule has 1 saturated heterocycles. The Bertz CT molecular complexity index is 343. The molecule has 0 aromatic heterocycles. The van der Waals surface area contributed by atoms with Gasteiger partial charge in [0.05, 0.1) is 12.2 Å². The molecule has 2 atom stereocenters. The fourth-order valence-electron chi connectivity index (χ4n) is 3.72. The minimum atomic E-state index is -0.0110. The Kier molecular flexibility index (Phi) is 3.89. The van der Waals surface area contributed by atoms with Crippen molar-refractivity contribution in [1.82, 2.24) is 10.2 Å². The van der Waals surface area contributed by atoms with Crippen molar-refractivity contribution in [2.24, 2.45) is 11.8 Å². The molecule has 1 aliphatic heterocycles. The average molecular weight is 280 g/mol. The van der Waals surface area contributed by atoms with Gasteiger partial charge in [-0.2, -0.15) is 0 Å². The minimum Gasteiger partial charge on any atom is -0.375 e. The summed E-state index contributed by atoms with van der Waals surface area (Å²) in [5.41, 5.74) is 0.343. The summed E-state index contributed by atoms with van der Waals surface area (Å²) in [6, 6.07) is 0.755. The van der Waals surface area contributed by atoms with E-state index in [4.69, 9.17) is 4.74 Å². The molecule has 2 saturated carbocycles. The van der Waals surface area contributed by atoms with Gasteiger partial charge in [-0.3, -0.25) is 4.90 Å². The Hall–Kier alpha value is -0.120. The fraction of sp³-hybridized carbons (Fsp3) is 1.00. The third kappa shape index (κ3) is 3.55. The lowest BCUT2D eigenvalue weighted by atomic mass is 9.90. The van der Waals surface area contributed by atoms with Gasteiger partial charge in [-0.25, -0.2) is 0 Å². The lowest BCUT2D eigenvalue weighted by molar-refractivity contribution is -0.0303. The van der Waals surface area contributed by atoms with E-state index in [2.05, 4.69) is 37.9 Å². The molecule has 0 spiro atoms. The van der Waals surface area contributed by atoms with E-state index in [1.54, 1.807) is 0 Å². The molecule has 0 aromatic rings. The number of nitrogens with zero attached hydrogens (tertiary/aromatic N) is 1. The largest absolute Gasteiger partial charge is 0.375 e. The van der Waals surface area contributed by atoms with E-state index in [-0.39, 0.29) is 5.60 Å². The van der Waals surface area contributed by atoms with Crippen molar-refractivity contribution >= 4 is 0 Å². The molecule has 0 radical (unpaired) electrons. The van der Waals surface area contributed by atoms with E-state index < -0.39 is 0 Å². The molecular weight excluding hydrogens is 248 g/mol. The second kappa shape index (κ2) is 5.26. The highest BCUT2D eigenvalue weighted by Gasteiger charge is 2.48. The van der Waals surface area contributed by atoms with Gasteiger partial charge in [0, 0.05) is 31.2 Å². The first-order chi connectivity index (χ1) is 9.37. The highest BCUT2D eigenvalue weighted by Crippen LogP contribution is 2.44. The quantitative estimate of drug-likeness (QED) is 0.838. The smallest absolute Gasteiger partial charge is 0.0600 e. The number of rotatable bonds is 5.